The molecule has 5 nitrogen and oxygen atoms in total. The molecule has 3 N–H and O–H groups in total. The third kappa shape index (κ3) is 1.93. The van der Waals surface area contributed by atoms with E-state index in [1.54, 1.807) is 6.07 Å². The standard InChI is InChI=1S/C11H12FN3O2/c1-15-9(16)5-8(11(15)17)14-7-4-2-3-6(12)10(7)13/h2-4,8,14H,5,13H2,1H3. The van der Waals surface area contributed by atoms with Gasteiger partial charge in [-0.05, 0) is 12.1 Å². The van der Waals surface area contributed by atoms with Gasteiger partial charge < -0.3 is 11.1 Å². The van der Waals surface area contributed by atoms with Crippen molar-refractivity contribution >= 4 is 23.2 Å². The Hall–Kier alpha value is -2.11. The number of carbonyl (C=O) groups is 2. The van der Waals surface area contributed by atoms with Gasteiger partial charge in [0.2, 0.25) is 5.91 Å². The summed E-state index contributed by atoms with van der Waals surface area (Å²) in [7, 11) is 1.42. The molecule has 1 heterocycles. The predicted molar refractivity (Wildman–Crippen MR) is 60.6 cm³/mol. The lowest BCUT2D eigenvalue weighted by atomic mass is 10.2. The lowest BCUT2D eigenvalue weighted by Gasteiger charge is -2.14. The first-order valence-electron chi connectivity index (χ1n) is 5.11. The number of rotatable bonds is 2. The van der Waals surface area contributed by atoms with Gasteiger partial charge in [0.25, 0.3) is 5.91 Å². The van der Waals surface area contributed by atoms with Crippen LogP contribution in [-0.2, 0) is 9.59 Å². The number of nitrogen functional groups attached to an aromatic ring is 1. The van der Waals surface area contributed by atoms with Crippen LogP contribution in [0.15, 0.2) is 18.2 Å². The minimum Gasteiger partial charge on any atom is -0.395 e. The highest BCUT2D eigenvalue weighted by molar-refractivity contribution is 6.06. The SMILES string of the molecule is CN1C(=O)CC(Nc2cccc(F)c2N)C1=O. The second-order valence-electron chi connectivity index (χ2n) is 3.89. The summed E-state index contributed by atoms with van der Waals surface area (Å²) in [5.41, 5.74) is 5.80. The summed E-state index contributed by atoms with van der Waals surface area (Å²) in [5, 5.41) is 2.78. The lowest BCUT2D eigenvalue weighted by molar-refractivity contribution is -0.136. The van der Waals surface area contributed by atoms with E-state index in [2.05, 4.69) is 5.32 Å². The Morgan fingerprint density at radius 1 is 1.47 bits per heavy atom. The number of benzene rings is 1. The number of likely N-dealkylation sites (N-methyl/N-ethyl adjacent to an activating group) is 1. The summed E-state index contributed by atoms with van der Waals surface area (Å²) in [6, 6.07) is 3.61. The van der Waals surface area contributed by atoms with Crippen LogP contribution in [0.25, 0.3) is 0 Å². The van der Waals surface area contributed by atoms with E-state index in [1.807, 2.05) is 0 Å². The summed E-state index contributed by atoms with van der Waals surface area (Å²) in [6.07, 6.45) is 0.0608. The molecule has 1 aliphatic heterocycles. The van der Waals surface area contributed by atoms with Gasteiger partial charge in [0.1, 0.15) is 11.9 Å². The third-order valence-corrected chi connectivity index (χ3v) is 2.76. The highest BCUT2D eigenvalue weighted by Gasteiger charge is 2.36. The number of imide groups is 1. The second kappa shape index (κ2) is 4.04. The molecule has 1 atom stereocenters. The molecule has 0 aromatic heterocycles. The number of likely N-dealkylation sites (tertiary alicyclic amines) is 1. The average Bonchev–Trinajstić information content (AvgIpc) is 2.53. The number of hydrogen-bond acceptors (Lipinski definition) is 4. The number of para-hydroxylation sites is 1. The van der Waals surface area contributed by atoms with Gasteiger partial charge in [-0.15, -0.1) is 0 Å². The first kappa shape index (κ1) is 11.4. The summed E-state index contributed by atoms with van der Waals surface area (Å²) >= 11 is 0. The fourth-order valence-corrected chi connectivity index (χ4v) is 1.72. The highest BCUT2D eigenvalue weighted by atomic mass is 19.1. The maximum atomic E-state index is 13.2. The van der Waals surface area contributed by atoms with Crippen LogP contribution >= 0.6 is 0 Å². The number of amides is 2. The quantitative estimate of drug-likeness (QED) is 0.582. The van der Waals surface area contributed by atoms with Gasteiger partial charge in [0.05, 0.1) is 17.8 Å². The Labute approximate surface area is 97.4 Å². The van der Waals surface area contributed by atoms with E-state index >= 15 is 0 Å². The average molecular weight is 237 g/mol. The summed E-state index contributed by atoms with van der Waals surface area (Å²) in [6.45, 7) is 0. The fourth-order valence-electron chi connectivity index (χ4n) is 1.72. The maximum absolute atomic E-state index is 13.2. The van der Waals surface area contributed by atoms with Crippen LogP contribution in [0.1, 0.15) is 6.42 Å². The molecule has 0 spiro atoms. The van der Waals surface area contributed by atoms with Crippen molar-refractivity contribution in [2.24, 2.45) is 0 Å². The van der Waals surface area contributed by atoms with E-state index in [4.69, 9.17) is 5.73 Å². The maximum Gasteiger partial charge on any atom is 0.251 e. The van der Waals surface area contributed by atoms with Crippen LogP contribution in [0.3, 0.4) is 0 Å². The molecule has 2 amide bonds. The first-order valence-corrected chi connectivity index (χ1v) is 5.11. The molecule has 0 saturated carbocycles. The highest BCUT2D eigenvalue weighted by Crippen LogP contribution is 2.24. The Kier molecular flexibility index (Phi) is 2.71. The van der Waals surface area contributed by atoms with Gasteiger partial charge in [-0.2, -0.15) is 0 Å². The molecular weight excluding hydrogens is 225 g/mol. The first-order chi connectivity index (χ1) is 8.00. The fraction of sp³-hybridized carbons (Fsp3) is 0.273. The molecule has 1 unspecified atom stereocenters. The zero-order valence-corrected chi connectivity index (χ0v) is 9.24. The normalized spacial score (nSPS) is 19.9. The molecule has 0 aliphatic carbocycles. The van der Waals surface area contributed by atoms with Gasteiger partial charge in [0.15, 0.2) is 0 Å². The van der Waals surface area contributed by atoms with Crippen LogP contribution in [0.2, 0.25) is 0 Å². The molecule has 1 aromatic carbocycles. The zero-order chi connectivity index (χ0) is 12.6. The molecule has 0 bridgehead atoms. The van der Waals surface area contributed by atoms with Crippen LogP contribution in [-0.4, -0.2) is 29.8 Å². The van der Waals surface area contributed by atoms with Crippen LogP contribution in [0.5, 0.6) is 0 Å². The smallest absolute Gasteiger partial charge is 0.251 e. The van der Waals surface area contributed by atoms with Crippen molar-refractivity contribution in [1.82, 2.24) is 4.90 Å². The van der Waals surface area contributed by atoms with Crippen molar-refractivity contribution in [3.8, 4) is 0 Å². The van der Waals surface area contributed by atoms with E-state index in [0.29, 0.717) is 5.69 Å². The molecule has 1 fully saturated rings. The van der Waals surface area contributed by atoms with Crippen LogP contribution < -0.4 is 11.1 Å². The van der Waals surface area contributed by atoms with Crippen molar-refractivity contribution < 1.29 is 14.0 Å². The number of nitrogens with zero attached hydrogens (tertiary/aromatic N) is 1. The third-order valence-electron chi connectivity index (χ3n) is 2.76. The Morgan fingerprint density at radius 3 is 2.76 bits per heavy atom. The molecule has 2 rings (SSSR count). The molecule has 0 radical (unpaired) electrons. The number of halogens is 1. The number of hydrogen-bond donors (Lipinski definition) is 2. The number of nitrogens with one attached hydrogen (secondary N) is 1. The van der Waals surface area contributed by atoms with Crippen LogP contribution in [0, 0.1) is 5.82 Å². The number of carbonyl (C=O) groups excluding carboxylic acids is 2. The van der Waals surface area contributed by atoms with E-state index in [-0.39, 0.29) is 23.9 Å². The largest absolute Gasteiger partial charge is 0.395 e. The monoisotopic (exact) mass is 237 g/mol. The van der Waals surface area contributed by atoms with Crippen molar-refractivity contribution in [1.29, 1.82) is 0 Å². The van der Waals surface area contributed by atoms with Gasteiger partial charge in [-0.25, -0.2) is 4.39 Å². The molecule has 1 aromatic rings. The van der Waals surface area contributed by atoms with Gasteiger partial charge >= 0.3 is 0 Å². The van der Waals surface area contributed by atoms with Crippen molar-refractivity contribution in [3.05, 3.63) is 24.0 Å². The van der Waals surface area contributed by atoms with Crippen molar-refractivity contribution in [2.45, 2.75) is 12.5 Å². The van der Waals surface area contributed by atoms with Crippen molar-refractivity contribution in [2.75, 3.05) is 18.1 Å². The van der Waals surface area contributed by atoms with Gasteiger partial charge in [-0.3, -0.25) is 14.5 Å². The molecule has 6 heteroatoms. The Balaban J connectivity index is 2.20. The topological polar surface area (TPSA) is 75.4 Å². The summed E-state index contributed by atoms with van der Waals surface area (Å²) in [4.78, 5) is 24.0. The minimum absolute atomic E-state index is 0.0534. The molecule has 1 aliphatic rings. The second-order valence-corrected chi connectivity index (χ2v) is 3.89. The molecule has 1 saturated heterocycles. The summed E-state index contributed by atoms with van der Waals surface area (Å²) in [5.74, 6) is -1.15. The van der Waals surface area contributed by atoms with E-state index in [0.717, 1.165) is 4.90 Å². The lowest BCUT2D eigenvalue weighted by Crippen LogP contribution is -2.32. The minimum atomic E-state index is -0.670. The zero-order valence-electron chi connectivity index (χ0n) is 9.24. The number of nitrogens with two attached hydrogens (primary N) is 1. The van der Waals surface area contributed by atoms with E-state index in [1.165, 1.54) is 19.2 Å². The predicted octanol–water partition coefficient (Wildman–Crippen LogP) is 0.577. The van der Waals surface area contributed by atoms with Gasteiger partial charge in [-0.1, -0.05) is 6.07 Å². The molecule has 17 heavy (non-hydrogen) atoms. The van der Waals surface area contributed by atoms with E-state index < -0.39 is 11.9 Å². The van der Waals surface area contributed by atoms with E-state index in [9.17, 15) is 14.0 Å². The van der Waals surface area contributed by atoms with Crippen molar-refractivity contribution in [3.63, 3.8) is 0 Å². The number of anilines is 2. The molecular formula is C11H12FN3O2. The van der Waals surface area contributed by atoms with Gasteiger partial charge in [0, 0.05) is 7.05 Å². The molecule has 90 valence electrons. The Bertz CT molecular complexity index is 490. The summed E-state index contributed by atoms with van der Waals surface area (Å²) < 4.78 is 13.2. The van der Waals surface area contributed by atoms with Crippen LogP contribution in [0.4, 0.5) is 15.8 Å². The Morgan fingerprint density at radius 2 is 2.18 bits per heavy atom.